The largest absolute Gasteiger partial charge is 0.336 e. The Morgan fingerprint density at radius 3 is 3.11 bits per heavy atom. The second-order valence-corrected chi connectivity index (χ2v) is 4.29. The van der Waals surface area contributed by atoms with Crippen LogP contribution in [0.1, 0.15) is 5.69 Å². The van der Waals surface area contributed by atoms with Gasteiger partial charge in [-0.15, -0.1) is 0 Å². The molecule has 0 saturated carbocycles. The lowest BCUT2D eigenvalue weighted by Crippen LogP contribution is -1.93. The van der Waals surface area contributed by atoms with Crippen molar-refractivity contribution in [2.75, 3.05) is 0 Å². The summed E-state index contributed by atoms with van der Waals surface area (Å²) in [5.74, 6) is 0. The molecule has 0 spiro atoms. The smallest absolute Gasteiger partial charge is 0.257 e. The topological polar surface area (TPSA) is 69.1 Å². The zero-order chi connectivity index (χ0) is 12.8. The second kappa shape index (κ2) is 3.61. The highest BCUT2D eigenvalue weighted by Crippen LogP contribution is 2.23. The minimum absolute atomic E-state index is 0.546. The third-order valence-corrected chi connectivity index (χ3v) is 3.06. The summed E-state index contributed by atoms with van der Waals surface area (Å²) in [6.45, 7) is 1.89. The van der Waals surface area contributed by atoms with Crippen molar-refractivity contribution in [3.05, 3.63) is 42.5 Å². The van der Waals surface area contributed by atoms with Gasteiger partial charge in [-0.25, -0.2) is 14.5 Å². The fourth-order valence-corrected chi connectivity index (χ4v) is 2.05. The number of fused-ring (bicyclic) bond motifs is 2. The SMILES string of the molecule is Cc1noc2ncc(-c3ccc4nccn4n3)cc12. The van der Waals surface area contributed by atoms with Crippen LogP contribution in [-0.4, -0.2) is 24.7 Å². The molecule has 0 fully saturated rings. The Morgan fingerprint density at radius 2 is 2.16 bits per heavy atom. The second-order valence-electron chi connectivity index (χ2n) is 4.29. The van der Waals surface area contributed by atoms with Gasteiger partial charge in [-0.3, -0.25) is 0 Å². The minimum atomic E-state index is 0.546. The van der Waals surface area contributed by atoms with Crippen LogP contribution in [0.2, 0.25) is 0 Å². The maximum absolute atomic E-state index is 5.10. The predicted molar refractivity (Wildman–Crippen MR) is 68.5 cm³/mol. The first-order chi connectivity index (χ1) is 9.31. The molecule has 0 unspecified atom stereocenters. The average Bonchev–Trinajstić information content (AvgIpc) is 3.05. The van der Waals surface area contributed by atoms with Crippen LogP contribution in [0.4, 0.5) is 0 Å². The molecular weight excluding hydrogens is 242 g/mol. The first-order valence-corrected chi connectivity index (χ1v) is 5.84. The van der Waals surface area contributed by atoms with Gasteiger partial charge in [-0.1, -0.05) is 5.16 Å². The highest BCUT2D eigenvalue weighted by molar-refractivity contribution is 5.80. The van der Waals surface area contributed by atoms with Crippen molar-refractivity contribution < 1.29 is 4.52 Å². The van der Waals surface area contributed by atoms with Gasteiger partial charge in [-0.2, -0.15) is 5.10 Å². The summed E-state index contributed by atoms with van der Waals surface area (Å²) in [5.41, 5.74) is 3.95. The van der Waals surface area contributed by atoms with E-state index in [9.17, 15) is 0 Å². The highest BCUT2D eigenvalue weighted by Gasteiger charge is 2.09. The van der Waals surface area contributed by atoms with E-state index in [1.165, 1.54) is 0 Å². The van der Waals surface area contributed by atoms with Crippen molar-refractivity contribution in [3.63, 3.8) is 0 Å². The molecule has 0 aliphatic carbocycles. The minimum Gasteiger partial charge on any atom is -0.336 e. The molecular formula is C13H9N5O. The molecule has 6 nitrogen and oxygen atoms in total. The summed E-state index contributed by atoms with van der Waals surface area (Å²) in [5, 5.41) is 9.30. The number of imidazole rings is 1. The van der Waals surface area contributed by atoms with Crippen LogP contribution in [0.15, 0.2) is 41.3 Å². The fourth-order valence-electron chi connectivity index (χ4n) is 2.05. The van der Waals surface area contributed by atoms with Crippen molar-refractivity contribution in [3.8, 4) is 11.3 Å². The highest BCUT2D eigenvalue weighted by atomic mass is 16.5. The Balaban J connectivity index is 1.94. The van der Waals surface area contributed by atoms with E-state index in [2.05, 4.69) is 20.2 Å². The Bertz CT molecular complexity index is 892. The van der Waals surface area contributed by atoms with Crippen LogP contribution in [-0.2, 0) is 0 Å². The van der Waals surface area contributed by atoms with E-state index in [1.54, 1.807) is 16.9 Å². The lowest BCUT2D eigenvalue weighted by atomic mass is 10.1. The molecule has 92 valence electrons. The molecule has 4 heterocycles. The number of nitrogens with zero attached hydrogens (tertiary/aromatic N) is 5. The normalized spacial score (nSPS) is 11.4. The molecule has 0 radical (unpaired) electrons. The first kappa shape index (κ1) is 10.2. The van der Waals surface area contributed by atoms with Crippen LogP contribution in [0.5, 0.6) is 0 Å². The van der Waals surface area contributed by atoms with Gasteiger partial charge in [-0.05, 0) is 25.1 Å². The summed E-state index contributed by atoms with van der Waals surface area (Å²) < 4.78 is 6.84. The van der Waals surface area contributed by atoms with Crippen LogP contribution >= 0.6 is 0 Å². The third kappa shape index (κ3) is 1.50. The van der Waals surface area contributed by atoms with Crippen LogP contribution in [0, 0.1) is 6.92 Å². The molecule has 0 bridgehead atoms. The quantitative estimate of drug-likeness (QED) is 0.519. The maximum Gasteiger partial charge on any atom is 0.257 e. The van der Waals surface area contributed by atoms with Gasteiger partial charge in [0.1, 0.15) is 0 Å². The van der Waals surface area contributed by atoms with Crippen molar-refractivity contribution in [2.24, 2.45) is 0 Å². The monoisotopic (exact) mass is 251 g/mol. The Labute approximate surface area is 107 Å². The van der Waals surface area contributed by atoms with Gasteiger partial charge in [0.2, 0.25) is 0 Å². The molecule has 4 rings (SSSR count). The molecule has 0 N–H and O–H groups in total. The van der Waals surface area contributed by atoms with Crippen molar-refractivity contribution in [1.29, 1.82) is 0 Å². The molecule has 0 aliphatic rings. The van der Waals surface area contributed by atoms with E-state index in [1.807, 2.05) is 31.3 Å². The van der Waals surface area contributed by atoms with Crippen LogP contribution in [0.25, 0.3) is 28.0 Å². The molecule has 0 amide bonds. The molecule has 0 atom stereocenters. The zero-order valence-corrected chi connectivity index (χ0v) is 10.1. The number of rotatable bonds is 1. The van der Waals surface area contributed by atoms with Gasteiger partial charge in [0.15, 0.2) is 5.65 Å². The summed E-state index contributed by atoms with van der Waals surface area (Å²) in [7, 11) is 0. The standard InChI is InChI=1S/C13H9N5O/c1-8-10-6-9(7-15-13(10)19-17-8)11-2-3-12-14-4-5-18(12)16-11/h2-7H,1H3. The van der Waals surface area contributed by atoms with E-state index in [-0.39, 0.29) is 0 Å². The third-order valence-electron chi connectivity index (χ3n) is 3.06. The van der Waals surface area contributed by atoms with E-state index in [0.717, 1.165) is 28.0 Å². The first-order valence-electron chi connectivity index (χ1n) is 5.84. The number of aryl methyl sites for hydroxylation is 1. The lowest BCUT2D eigenvalue weighted by molar-refractivity contribution is 0.443. The Hall–Kier alpha value is -2.76. The molecule has 4 aromatic heterocycles. The number of pyridine rings is 1. The van der Waals surface area contributed by atoms with Crippen molar-refractivity contribution >= 4 is 16.7 Å². The zero-order valence-electron chi connectivity index (χ0n) is 10.1. The van der Waals surface area contributed by atoms with Gasteiger partial charge in [0.05, 0.1) is 16.8 Å². The van der Waals surface area contributed by atoms with E-state index in [0.29, 0.717) is 5.71 Å². The molecule has 0 aliphatic heterocycles. The Kier molecular flexibility index (Phi) is 1.94. The average molecular weight is 251 g/mol. The van der Waals surface area contributed by atoms with Gasteiger partial charge < -0.3 is 4.52 Å². The fraction of sp³-hybridized carbons (Fsp3) is 0.0769. The number of hydrogen-bond acceptors (Lipinski definition) is 5. The summed E-state index contributed by atoms with van der Waals surface area (Å²) in [6, 6.07) is 5.83. The van der Waals surface area contributed by atoms with Gasteiger partial charge >= 0.3 is 0 Å². The number of aromatic nitrogens is 5. The van der Waals surface area contributed by atoms with Crippen molar-refractivity contribution in [2.45, 2.75) is 6.92 Å². The van der Waals surface area contributed by atoms with E-state index >= 15 is 0 Å². The number of hydrogen-bond donors (Lipinski definition) is 0. The Morgan fingerprint density at radius 1 is 1.21 bits per heavy atom. The summed E-state index contributed by atoms with van der Waals surface area (Å²) in [4.78, 5) is 8.42. The maximum atomic E-state index is 5.10. The van der Waals surface area contributed by atoms with Crippen LogP contribution in [0.3, 0.4) is 0 Å². The van der Waals surface area contributed by atoms with Crippen LogP contribution < -0.4 is 0 Å². The lowest BCUT2D eigenvalue weighted by Gasteiger charge is -2.01. The van der Waals surface area contributed by atoms with Gasteiger partial charge in [0.25, 0.3) is 5.71 Å². The van der Waals surface area contributed by atoms with E-state index < -0.39 is 0 Å². The molecule has 6 heteroatoms. The van der Waals surface area contributed by atoms with Crippen molar-refractivity contribution in [1.82, 2.24) is 24.7 Å². The molecule has 0 aromatic carbocycles. The molecule has 0 saturated heterocycles. The summed E-state index contributed by atoms with van der Waals surface area (Å²) >= 11 is 0. The summed E-state index contributed by atoms with van der Waals surface area (Å²) in [6.07, 6.45) is 5.27. The van der Waals surface area contributed by atoms with E-state index in [4.69, 9.17) is 4.52 Å². The van der Waals surface area contributed by atoms with Gasteiger partial charge in [0, 0.05) is 24.2 Å². The predicted octanol–water partition coefficient (Wildman–Crippen LogP) is 2.24. The molecule has 4 aromatic rings. The molecule has 19 heavy (non-hydrogen) atoms.